The lowest BCUT2D eigenvalue weighted by atomic mass is 10.3. The van der Waals surface area contributed by atoms with Crippen LogP contribution in [0.1, 0.15) is 40.0 Å². The van der Waals surface area contributed by atoms with Crippen LogP contribution in [0, 0.1) is 0 Å². The number of carbonyl (C=O) groups is 1. The number of hydrogen-bond donors (Lipinski definition) is 2. The van der Waals surface area contributed by atoms with Crippen molar-refractivity contribution in [3.63, 3.8) is 0 Å². The minimum absolute atomic E-state index is 0.108. The Labute approximate surface area is 92.8 Å². The molecule has 4 heteroatoms. The highest BCUT2D eigenvalue weighted by atomic mass is 16.5. The van der Waals surface area contributed by atoms with E-state index < -0.39 is 0 Å². The number of amides is 2. The summed E-state index contributed by atoms with van der Waals surface area (Å²) in [5, 5.41) is 5.58. The normalized spacial score (nSPS) is 12.2. The largest absolute Gasteiger partial charge is 0.380 e. The van der Waals surface area contributed by atoms with Crippen molar-refractivity contribution in [3.05, 3.63) is 0 Å². The molecule has 0 aromatic rings. The number of ether oxygens (including phenoxy) is 1. The molecule has 0 spiro atoms. The van der Waals surface area contributed by atoms with Crippen molar-refractivity contribution in [1.29, 1.82) is 0 Å². The van der Waals surface area contributed by atoms with Crippen molar-refractivity contribution >= 4 is 6.03 Å². The monoisotopic (exact) mass is 216 g/mol. The first-order valence-corrected chi connectivity index (χ1v) is 5.82. The molecule has 1 unspecified atom stereocenters. The standard InChI is InChI=1S/C11H24N2O2/c1-4-6-8-15-9-7-12-11(14)13-10(3)5-2/h10H,4-9H2,1-3H3,(H2,12,13,14). The smallest absolute Gasteiger partial charge is 0.315 e. The fourth-order valence-electron chi connectivity index (χ4n) is 0.962. The average Bonchev–Trinajstić information content (AvgIpc) is 2.23. The van der Waals surface area contributed by atoms with Crippen LogP contribution in [0.15, 0.2) is 0 Å². The van der Waals surface area contributed by atoms with E-state index in [2.05, 4.69) is 17.6 Å². The molecule has 0 radical (unpaired) electrons. The number of urea groups is 1. The van der Waals surface area contributed by atoms with E-state index >= 15 is 0 Å². The molecule has 0 aromatic carbocycles. The lowest BCUT2D eigenvalue weighted by Crippen LogP contribution is -2.41. The third kappa shape index (κ3) is 9.53. The third-order valence-electron chi connectivity index (χ3n) is 2.16. The second kappa shape index (κ2) is 9.77. The van der Waals surface area contributed by atoms with E-state index in [9.17, 15) is 4.79 Å². The van der Waals surface area contributed by atoms with Crippen LogP contribution in [-0.4, -0.2) is 31.8 Å². The van der Waals surface area contributed by atoms with Gasteiger partial charge < -0.3 is 15.4 Å². The minimum atomic E-state index is -0.108. The molecule has 0 fully saturated rings. The zero-order valence-electron chi connectivity index (χ0n) is 10.1. The fourth-order valence-corrected chi connectivity index (χ4v) is 0.962. The van der Waals surface area contributed by atoms with Gasteiger partial charge in [0, 0.05) is 19.2 Å². The first-order valence-electron chi connectivity index (χ1n) is 5.82. The van der Waals surface area contributed by atoms with E-state index in [4.69, 9.17) is 4.74 Å². The van der Waals surface area contributed by atoms with Crippen LogP contribution in [0.25, 0.3) is 0 Å². The van der Waals surface area contributed by atoms with E-state index in [1.165, 1.54) is 0 Å². The molecule has 90 valence electrons. The predicted molar refractivity (Wildman–Crippen MR) is 62.0 cm³/mol. The maximum atomic E-state index is 11.2. The van der Waals surface area contributed by atoms with Crippen LogP contribution >= 0.6 is 0 Å². The summed E-state index contributed by atoms with van der Waals surface area (Å²) in [5.74, 6) is 0. The van der Waals surface area contributed by atoms with Gasteiger partial charge in [-0.2, -0.15) is 0 Å². The van der Waals surface area contributed by atoms with Gasteiger partial charge in [0.15, 0.2) is 0 Å². The maximum Gasteiger partial charge on any atom is 0.315 e. The summed E-state index contributed by atoms with van der Waals surface area (Å²) in [6.07, 6.45) is 3.17. The predicted octanol–water partition coefficient (Wildman–Crippen LogP) is 1.90. The van der Waals surface area contributed by atoms with E-state index in [0.717, 1.165) is 25.9 Å². The van der Waals surface area contributed by atoms with E-state index in [-0.39, 0.29) is 12.1 Å². The SMILES string of the molecule is CCCCOCCNC(=O)NC(C)CC. The number of unbranched alkanes of at least 4 members (excludes halogenated alkanes) is 1. The first-order chi connectivity index (χ1) is 7.20. The van der Waals surface area contributed by atoms with Crippen LogP contribution in [0.3, 0.4) is 0 Å². The summed E-state index contributed by atoms with van der Waals surface area (Å²) in [4.78, 5) is 11.2. The molecule has 2 N–H and O–H groups in total. The molecule has 0 rings (SSSR count). The highest BCUT2D eigenvalue weighted by Gasteiger charge is 2.03. The van der Waals surface area contributed by atoms with Crippen LogP contribution < -0.4 is 10.6 Å². The molecular formula is C11H24N2O2. The van der Waals surface area contributed by atoms with Crippen molar-refractivity contribution in [2.75, 3.05) is 19.8 Å². The Morgan fingerprint density at radius 3 is 2.67 bits per heavy atom. The van der Waals surface area contributed by atoms with E-state index in [1.807, 2.05) is 13.8 Å². The van der Waals surface area contributed by atoms with Crippen molar-refractivity contribution in [2.24, 2.45) is 0 Å². The molecule has 0 aromatic heterocycles. The quantitative estimate of drug-likeness (QED) is 0.609. The van der Waals surface area contributed by atoms with E-state index in [0.29, 0.717) is 13.2 Å². The van der Waals surface area contributed by atoms with Crippen molar-refractivity contribution in [1.82, 2.24) is 10.6 Å². The Hall–Kier alpha value is -0.770. The van der Waals surface area contributed by atoms with Crippen LogP contribution in [0.5, 0.6) is 0 Å². The van der Waals surface area contributed by atoms with Gasteiger partial charge in [0.05, 0.1) is 6.61 Å². The fraction of sp³-hybridized carbons (Fsp3) is 0.909. The van der Waals surface area contributed by atoms with Crippen molar-refractivity contribution in [3.8, 4) is 0 Å². The Morgan fingerprint density at radius 2 is 2.07 bits per heavy atom. The van der Waals surface area contributed by atoms with Gasteiger partial charge in [0.1, 0.15) is 0 Å². The molecule has 15 heavy (non-hydrogen) atoms. The molecule has 2 amide bonds. The zero-order chi connectivity index (χ0) is 11.5. The highest BCUT2D eigenvalue weighted by Crippen LogP contribution is 1.88. The summed E-state index contributed by atoms with van der Waals surface area (Å²) in [6, 6.07) is 0.120. The van der Waals surface area contributed by atoms with Gasteiger partial charge in [-0.25, -0.2) is 4.79 Å². The second-order valence-electron chi connectivity index (χ2n) is 3.68. The molecule has 1 atom stereocenters. The summed E-state index contributed by atoms with van der Waals surface area (Å²) in [6.45, 7) is 8.10. The van der Waals surface area contributed by atoms with E-state index in [1.54, 1.807) is 0 Å². The molecule has 0 aliphatic heterocycles. The zero-order valence-corrected chi connectivity index (χ0v) is 10.1. The second-order valence-corrected chi connectivity index (χ2v) is 3.68. The molecule has 0 saturated heterocycles. The van der Waals surface area contributed by atoms with Crippen LogP contribution in [-0.2, 0) is 4.74 Å². The Balaban J connectivity index is 3.24. The Bertz CT molecular complexity index is 163. The van der Waals surface area contributed by atoms with Crippen LogP contribution in [0.2, 0.25) is 0 Å². The Kier molecular flexibility index (Phi) is 9.27. The lowest BCUT2D eigenvalue weighted by Gasteiger charge is -2.12. The highest BCUT2D eigenvalue weighted by molar-refractivity contribution is 5.74. The van der Waals surface area contributed by atoms with Crippen LogP contribution in [0.4, 0.5) is 4.79 Å². The molecule has 4 nitrogen and oxygen atoms in total. The summed E-state index contributed by atoms with van der Waals surface area (Å²) >= 11 is 0. The average molecular weight is 216 g/mol. The van der Waals surface area contributed by atoms with Crippen molar-refractivity contribution < 1.29 is 9.53 Å². The molecule has 0 saturated carbocycles. The van der Waals surface area contributed by atoms with Gasteiger partial charge in [-0.3, -0.25) is 0 Å². The summed E-state index contributed by atoms with van der Waals surface area (Å²) < 4.78 is 5.31. The minimum Gasteiger partial charge on any atom is -0.380 e. The lowest BCUT2D eigenvalue weighted by molar-refractivity contribution is 0.133. The summed E-state index contributed by atoms with van der Waals surface area (Å²) in [7, 11) is 0. The molecule has 0 aliphatic carbocycles. The van der Waals surface area contributed by atoms with Gasteiger partial charge >= 0.3 is 6.03 Å². The number of hydrogen-bond acceptors (Lipinski definition) is 2. The molecule has 0 aliphatic rings. The molecule has 0 heterocycles. The number of nitrogens with one attached hydrogen (secondary N) is 2. The first kappa shape index (κ1) is 14.2. The third-order valence-corrected chi connectivity index (χ3v) is 2.16. The van der Waals surface area contributed by atoms with Gasteiger partial charge in [-0.1, -0.05) is 20.3 Å². The van der Waals surface area contributed by atoms with Crippen molar-refractivity contribution in [2.45, 2.75) is 46.1 Å². The van der Waals surface area contributed by atoms with Gasteiger partial charge in [-0.15, -0.1) is 0 Å². The Morgan fingerprint density at radius 1 is 1.33 bits per heavy atom. The van der Waals surface area contributed by atoms with Gasteiger partial charge in [0.25, 0.3) is 0 Å². The number of carbonyl (C=O) groups excluding carboxylic acids is 1. The van der Waals surface area contributed by atoms with Gasteiger partial charge in [0.2, 0.25) is 0 Å². The topological polar surface area (TPSA) is 50.4 Å². The summed E-state index contributed by atoms with van der Waals surface area (Å²) in [5.41, 5.74) is 0. The molecular weight excluding hydrogens is 192 g/mol. The van der Waals surface area contributed by atoms with Gasteiger partial charge in [-0.05, 0) is 19.8 Å². The maximum absolute atomic E-state index is 11.2. The molecule has 0 bridgehead atoms. The number of rotatable bonds is 8.